The van der Waals surface area contributed by atoms with E-state index in [1.807, 2.05) is 84.9 Å². The molecule has 216 valence electrons. The van der Waals surface area contributed by atoms with E-state index in [1.165, 1.54) is 23.5 Å². The topological polar surface area (TPSA) is 69.8 Å². The van der Waals surface area contributed by atoms with Gasteiger partial charge in [-0.05, 0) is 53.9 Å². The highest BCUT2D eigenvalue weighted by atomic mass is 35.5. The van der Waals surface area contributed by atoms with E-state index in [0.717, 1.165) is 11.1 Å². The van der Waals surface area contributed by atoms with Crippen molar-refractivity contribution in [1.82, 2.24) is 19.1 Å². The van der Waals surface area contributed by atoms with Crippen LogP contribution in [0, 0.1) is 0 Å². The first-order valence-corrected chi connectivity index (χ1v) is 16.4. The molecule has 2 aromatic heterocycles. The number of benzene rings is 4. The number of thioether (sulfide) groups is 2. The highest BCUT2D eigenvalue weighted by Gasteiger charge is 2.15. The highest BCUT2D eigenvalue weighted by molar-refractivity contribution is 7.98. The molecule has 0 bridgehead atoms. The zero-order valence-corrected chi connectivity index (χ0v) is 26.1. The van der Waals surface area contributed by atoms with Gasteiger partial charge in [-0.2, -0.15) is 0 Å². The lowest BCUT2D eigenvalue weighted by Gasteiger charge is -2.16. The third-order valence-electron chi connectivity index (χ3n) is 7.05. The van der Waals surface area contributed by atoms with Crippen LogP contribution in [0.4, 0.5) is 0 Å². The van der Waals surface area contributed by atoms with Crippen LogP contribution < -0.4 is 11.1 Å². The van der Waals surface area contributed by atoms with Crippen molar-refractivity contribution in [1.29, 1.82) is 0 Å². The maximum atomic E-state index is 13.7. The van der Waals surface area contributed by atoms with Gasteiger partial charge >= 0.3 is 0 Å². The summed E-state index contributed by atoms with van der Waals surface area (Å²) in [5.41, 5.74) is 3.03. The number of nitrogens with zero attached hydrogens (tertiary/aromatic N) is 4. The Morgan fingerprint density at radius 3 is 1.40 bits per heavy atom. The second kappa shape index (κ2) is 13.4. The normalized spacial score (nSPS) is 11.4. The molecular weight excluding hydrogens is 619 g/mol. The molecular formula is C33H26Cl2N4O2S2. The van der Waals surface area contributed by atoms with Crippen molar-refractivity contribution in [3.63, 3.8) is 0 Å². The highest BCUT2D eigenvalue weighted by Crippen LogP contribution is 2.28. The van der Waals surface area contributed by atoms with Crippen LogP contribution in [0.3, 0.4) is 0 Å². The van der Waals surface area contributed by atoms with Crippen molar-refractivity contribution in [2.75, 3.05) is 0 Å². The van der Waals surface area contributed by atoms with Crippen LogP contribution in [0.15, 0.2) is 117 Å². The molecule has 2 heterocycles. The fraction of sp³-hybridized carbons (Fsp3) is 0.152. The van der Waals surface area contributed by atoms with Crippen molar-refractivity contribution < 1.29 is 0 Å². The maximum absolute atomic E-state index is 13.7. The van der Waals surface area contributed by atoms with Gasteiger partial charge in [0.1, 0.15) is 0 Å². The van der Waals surface area contributed by atoms with Crippen molar-refractivity contribution in [2.24, 2.45) is 0 Å². The molecule has 0 saturated carbocycles. The van der Waals surface area contributed by atoms with Gasteiger partial charge in [0.15, 0.2) is 10.3 Å². The number of rotatable bonds is 10. The molecule has 6 nitrogen and oxygen atoms in total. The molecule has 0 fully saturated rings. The second-order valence-corrected chi connectivity index (χ2v) is 12.5. The first-order valence-electron chi connectivity index (χ1n) is 13.7. The van der Waals surface area contributed by atoms with Gasteiger partial charge < -0.3 is 0 Å². The second-order valence-electron chi connectivity index (χ2n) is 9.85. The van der Waals surface area contributed by atoms with E-state index in [2.05, 4.69) is 0 Å². The summed E-state index contributed by atoms with van der Waals surface area (Å²) in [7, 11) is 0. The Morgan fingerprint density at radius 2 is 0.953 bits per heavy atom. The van der Waals surface area contributed by atoms with Gasteiger partial charge in [-0.15, -0.1) is 0 Å². The maximum Gasteiger partial charge on any atom is 0.262 e. The van der Waals surface area contributed by atoms with Crippen LogP contribution in [0.5, 0.6) is 0 Å². The molecule has 0 atom stereocenters. The fourth-order valence-corrected chi connectivity index (χ4v) is 7.43. The quantitative estimate of drug-likeness (QED) is 0.111. The zero-order valence-electron chi connectivity index (χ0n) is 23.0. The minimum atomic E-state index is -0.107. The van der Waals surface area contributed by atoms with Gasteiger partial charge in [0.25, 0.3) is 11.1 Å². The molecule has 0 saturated heterocycles. The molecule has 0 aliphatic rings. The van der Waals surface area contributed by atoms with Crippen LogP contribution in [-0.2, 0) is 24.6 Å². The van der Waals surface area contributed by atoms with Crippen molar-refractivity contribution in [2.45, 2.75) is 41.3 Å². The Bertz CT molecular complexity index is 1920. The number of para-hydroxylation sites is 2. The Kier molecular flexibility index (Phi) is 9.19. The summed E-state index contributed by atoms with van der Waals surface area (Å²) in [6.45, 7) is 0.769. The summed E-state index contributed by atoms with van der Waals surface area (Å²) < 4.78 is 3.42. The number of fused-ring (bicyclic) bond motifs is 2. The van der Waals surface area contributed by atoms with Crippen molar-refractivity contribution in [3.05, 3.63) is 139 Å². The molecule has 0 N–H and O–H groups in total. The van der Waals surface area contributed by atoms with E-state index in [-0.39, 0.29) is 11.1 Å². The third kappa shape index (κ3) is 6.53. The van der Waals surface area contributed by atoms with Crippen molar-refractivity contribution in [3.8, 4) is 0 Å². The minimum Gasteiger partial charge on any atom is -0.287 e. The third-order valence-corrected chi connectivity index (χ3v) is 9.83. The van der Waals surface area contributed by atoms with Gasteiger partial charge in [-0.1, -0.05) is 107 Å². The lowest BCUT2D eigenvalue weighted by Crippen LogP contribution is -2.27. The van der Waals surface area contributed by atoms with E-state index in [0.29, 0.717) is 73.2 Å². The molecule has 43 heavy (non-hydrogen) atoms. The van der Waals surface area contributed by atoms with Gasteiger partial charge in [-0.25, -0.2) is 9.97 Å². The van der Waals surface area contributed by atoms with Crippen LogP contribution in [0.25, 0.3) is 21.8 Å². The van der Waals surface area contributed by atoms with Gasteiger partial charge in [0.05, 0.1) is 21.8 Å². The molecule has 0 amide bonds. The molecule has 0 aliphatic carbocycles. The van der Waals surface area contributed by atoms with Crippen LogP contribution in [0.2, 0.25) is 10.0 Å². The van der Waals surface area contributed by atoms with Crippen LogP contribution in [-0.4, -0.2) is 19.1 Å². The molecule has 0 unspecified atom stereocenters. The first kappa shape index (κ1) is 29.5. The SMILES string of the molecule is O=c1c2ccccc2nc(SCc2ccccc2Cl)n1CCCn1c(SCc2ccccc2Cl)nc2ccccc2c1=O. The van der Waals surface area contributed by atoms with Gasteiger partial charge in [0.2, 0.25) is 0 Å². The largest absolute Gasteiger partial charge is 0.287 e. The predicted octanol–water partition coefficient (Wildman–Crippen LogP) is 8.09. The Morgan fingerprint density at radius 1 is 0.558 bits per heavy atom. The molecule has 4 aromatic carbocycles. The number of aromatic nitrogens is 4. The summed E-state index contributed by atoms with van der Waals surface area (Å²) in [5, 5.41) is 3.70. The van der Waals surface area contributed by atoms with Gasteiger partial charge in [0, 0.05) is 34.6 Å². The average Bonchev–Trinajstić information content (AvgIpc) is 3.02. The first-order chi connectivity index (χ1) is 21.0. The summed E-state index contributed by atoms with van der Waals surface area (Å²) in [6.07, 6.45) is 0.527. The predicted molar refractivity (Wildman–Crippen MR) is 179 cm³/mol. The monoisotopic (exact) mass is 644 g/mol. The minimum absolute atomic E-state index is 0.107. The molecule has 6 rings (SSSR count). The van der Waals surface area contributed by atoms with Crippen LogP contribution >= 0.6 is 46.7 Å². The van der Waals surface area contributed by atoms with E-state index in [4.69, 9.17) is 33.2 Å². The summed E-state index contributed by atoms with van der Waals surface area (Å²) in [6, 6.07) is 30.1. The van der Waals surface area contributed by atoms with Crippen LogP contribution in [0.1, 0.15) is 17.5 Å². The molecule has 0 radical (unpaired) electrons. The smallest absolute Gasteiger partial charge is 0.262 e. The van der Waals surface area contributed by atoms with E-state index < -0.39 is 0 Å². The summed E-state index contributed by atoms with van der Waals surface area (Å²) in [5.74, 6) is 1.14. The average molecular weight is 646 g/mol. The van der Waals surface area contributed by atoms with Crippen molar-refractivity contribution >= 4 is 68.5 Å². The number of hydrogen-bond donors (Lipinski definition) is 0. The molecule has 6 aromatic rings. The van der Waals surface area contributed by atoms with Gasteiger partial charge in [-0.3, -0.25) is 18.7 Å². The summed E-state index contributed by atoms with van der Waals surface area (Å²) in [4.78, 5) is 37.0. The lowest BCUT2D eigenvalue weighted by atomic mass is 10.2. The zero-order chi connectivity index (χ0) is 29.8. The molecule has 10 heteroatoms. The summed E-state index contributed by atoms with van der Waals surface area (Å²) >= 11 is 15.8. The Hall–Kier alpha value is -3.56. The Labute approximate surface area is 266 Å². The standard InChI is InChI=1S/C33H26Cl2N4O2S2/c34-26-14-5-1-10-22(26)20-42-32-36-28-16-7-3-12-24(28)30(40)38(32)18-9-19-39-31(41)25-13-4-8-17-29(25)37-33(39)43-21-23-11-2-6-15-27(23)35/h1-8,10-17H,9,18-21H2. The van der Waals surface area contributed by atoms with E-state index >= 15 is 0 Å². The Balaban J connectivity index is 1.30. The van der Waals surface area contributed by atoms with E-state index in [9.17, 15) is 9.59 Å². The number of hydrogen-bond acceptors (Lipinski definition) is 6. The van der Waals surface area contributed by atoms with E-state index in [1.54, 1.807) is 21.3 Å². The fourth-order valence-electron chi connectivity index (χ4n) is 4.81. The lowest BCUT2D eigenvalue weighted by molar-refractivity contribution is 0.489. The molecule has 0 aliphatic heterocycles. The number of halogens is 2. The molecule has 0 spiro atoms.